The van der Waals surface area contributed by atoms with Crippen molar-refractivity contribution in [1.29, 1.82) is 0 Å². The molecule has 3 rings (SSSR count). The van der Waals surface area contributed by atoms with Gasteiger partial charge in [-0.05, 0) is 24.5 Å². The van der Waals surface area contributed by atoms with Gasteiger partial charge in [0.05, 0.1) is 5.69 Å². The van der Waals surface area contributed by atoms with Crippen LogP contribution >= 0.6 is 0 Å². The van der Waals surface area contributed by atoms with E-state index in [-0.39, 0.29) is 0 Å². The monoisotopic (exact) mass is 200 g/mol. The van der Waals surface area contributed by atoms with Gasteiger partial charge in [0, 0.05) is 19.5 Å². The summed E-state index contributed by atoms with van der Waals surface area (Å²) in [6.07, 6.45) is 5.14. The molecular weight excluding hydrogens is 184 g/mol. The van der Waals surface area contributed by atoms with E-state index in [1.54, 1.807) is 0 Å². The van der Waals surface area contributed by atoms with Crippen molar-refractivity contribution in [3.63, 3.8) is 0 Å². The van der Waals surface area contributed by atoms with Gasteiger partial charge in [0.25, 0.3) is 0 Å². The summed E-state index contributed by atoms with van der Waals surface area (Å²) in [6.45, 7) is 2.25. The van der Waals surface area contributed by atoms with Crippen molar-refractivity contribution in [2.45, 2.75) is 32.2 Å². The number of amidine groups is 1. The summed E-state index contributed by atoms with van der Waals surface area (Å²) >= 11 is 0. The first-order valence-corrected chi connectivity index (χ1v) is 5.84. The number of hydrogen-bond donors (Lipinski definition) is 0. The van der Waals surface area contributed by atoms with Crippen molar-refractivity contribution >= 4 is 11.5 Å². The van der Waals surface area contributed by atoms with Crippen LogP contribution in [0.5, 0.6) is 0 Å². The van der Waals surface area contributed by atoms with Gasteiger partial charge in [-0.3, -0.25) is 0 Å². The number of nitrogens with zero attached hydrogens (tertiary/aromatic N) is 2. The predicted molar refractivity (Wildman–Crippen MR) is 62.4 cm³/mol. The van der Waals surface area contributed by atoms with E-state index >= 15 is 0 Å². The first-order valence-electron chi connectivity index (χ1n) is 5.84. The molecule has 1 saturated heterocycles. The van der Waals surface area contributed by atoms with Gasteiger partial charge < -0.3 is 4.90 Å². The lowest BCUT2D eigenvalue weighted by atomic mass is 10.1. The Balaban J connectivity index is 1.99. The van der Waals surface area contributed by atoms with E-state index in [0.29, 0.717) is 0 Å². The van der Waals surface area contributed by atoms with Gasteiger partial charge in [0.1, 0.15) is 5.84 Å². The molecule has 0 unspecified atom stereocenters. The van der Waals surface area contributed by atoms with E-state index in [1.807, 2.05) is 0 Å². The van der Waals surface area contributed by atoms with Crippen LogP contribution in [-0.4, -0.2) is 17.3 Å². The third-order valence-electron chi connectivity index (χ3n) is 3.30. The number of hydrogen-bond acceptors (Lipinski definition) is 2. The number of fused-ring (bicyclic) bond motifs is 2. The highest BCUT2D eigenvalue weighted by Gasteiger charge is 2.20. The third kappa shape index (κ3) is 1.65. The zero-order chi connectivity index (χ0) is 10.1. The Kier molecular flexibility index (Phi) is 2.20. The molecule has 2 heteroatoms. The van der Waals surface area contributed by atoms with E-state index in [4.69, 9.17) is 4.99 Å². The SMILES string of the molecule is c1ccc2c(c1)CN1CCCCCC1=N2. The molecule has 0 saturated carbocycles. The van der Waals surface area contributed by atoms with Crippen LogP contribution in [0.1, 0.15) is 31.2 Å². The van der Waals surface area contributed by atoms with E-state index in [2.05, 4.69) is 29.2 Å². The van der Waals surface area contributed by atoms with Crippen LogP contribution in [0, 0.1) is 0 Å². The third-order valence-corrected chi connectivity index (χ3v) is 3.30. The summed E-state index contributed by atoms with van der Waals surface area (Å²) in [5.74, 6) is 1.31. The summed E-state index contributed by atoms with van der Waals surface area (Å²) < 4.78 is 0. The fourth-order valence-electron chi connectivity index (χ4n) is 2.44. The Morgan fingerprint density at radius 1 is 1.07 bits per heavy atom. The van der Waals surface area contributed by atoms with Gasteiger partial charge in [-0.1, -0.05) is 24.6 Å². The molecule has 2 aliphatic rings. The molecule has 2 aliphatic heterocycles. The smallest absolute Gasteiger partial charge is 0.105 e. The van der Waals surface area contributed by atoms with Crippen molar-refractivity contribution in [3.05, 3.63) is 29.8 Å². The molecule has 0 aliphatic carbocycles. The minimum atomic E-state index is 1.06. The van der Waals surface area contributed by atoms with E-state index in [0.717, 1.165) is 13.0 Å². The molecule has 0 aromatic heterocycles. The zero-order valence-electron chi connectivity index (χ0n) is 8.95. The number of benzene rings is 1. The molecule has 2 heterocycles. The van der Waals surface area contributed by atoms with Gasteiger partial charge in [-0.15, -0.1) is 0 Å². The van der Waals surface area contributed by atoms with Gasteiger partial charge >= 0.3 is 0 Å². The first kappa shape index (κ1) is 8.96. The molecule has 1 fully saturated rings. The molecule has 0 spiro atoms. The lowest BCUT2D eigenvalue weighted by Crippen LogP contribution is -2.32. The van der Waals surface area contributed by atoms with Crippen molar-refractivity contribution in [3.8, 4) is 0 Å². The maximum Gasteiger partial charge on any atom is 0.105 e. The summed E-state index contributed by atoms with van der Waals surface area (Å²) in [4.78, 5) is 7.22. The number of para-hydroxylation sites is 1. The highest BCUT2D eigenvalue weighted by molar-refractivity contribution is 5.87. The van der Waals surface area contributed by atoms with Crippen LogP contribution in [-0.2, 0) is 6.54 Å². The van der Waals surface area contributed by atoms with Crippen molar-refractivity contribution in [2.24, 2.45) is 4.99 Å². The maximum atomic E-state index is 4.77. The Morgan fingerprint density at radius 3 is 3.00 bits per heavy atom. The zero-order valence-corrected chi connectivity index (χ0v) is 8.95. The Hall–Kier alpha value is -1.31. The maximum absolute atomic E-state index is 4.77. The summed E-state index contributed by atoms with van der Waals surface area (Å²) in [5, 5.41) is 0. The Bertz CT molecular complexity index is 395. The largest absolute Gasteiger partial charge is 0.356 e. The van der Waals surface area contributed by atoms with Crippen molar-refractivity contribution < 1.29 is 0 Å². The molecule has 78 valence electrons. The molecule has 2 nitrogen and oxygen atoms in total. The van der Waals surface area contributed by atoms with Crippen LogP contribution in [0.15, 0.2) is 29.3 Å². The normalized spacial score (nSPS) is 20.0. The fraction of sp³-hybridized carbons (Fsp3) is 0.462. The van der Waals surface area contributed by atoms with Gasteiger partial charge in [-0.25, -0.2) is 4.99 Å². The lowest BCUT2D eigenvalue weighted by molar-refractivity contribution is 0.403. The molecular formula is C13H16N2. The van der Waals surface area contributed by atoms with Gasteiger partial charge in [0.15, 0.2) is 0 Å². The standard InChI is InChI=1S/C13H16N2/c1-2-8-13-14-12-7-4-3-6-11(12)10-15(13)9-5-1/h3-4,6-7H,1-2,5,8-10H2. The molecule has 15 heavy (non-hydrogen) atoms. The molecule has 0 amide bonds. The van der Waals surface area contributed by atoms with Crippen molar-refractivity contribution in [1.82, 2.24) is 4.90 Å². The van der Waals surface area contributed by atoms with E-state index < -0.39 is 0 Å². The lowest BCUT2D eigenvalue weighted by Gasteiger charge is -2.28. The van der Waals surface area contributed by atoms with Crippen LogP contribution in [0.3, 0.4) is 0 Å². The topological polar surface area (TPSA) is 15.6 Å². The molecule has 0 radical (unpaired) electrons. The minimum Gasteiger partial charge on any atom is -0.356 e. The Labute approximate surface area is 90.6 Å². The van der Waals surface area contributed by atoms with Crippen LogP contribution in [0.25, 0.3) is 0 Å². The predicted octanol–water partition coefficient (Wildman–Crippen LogP) is 3.11. The second kappa shape index (κ2) is 3.69. The van der Waals surface area contributed by atoms with Crippen LogP contribution in [0.4, 0.5) is 5.69 Å². The fourth-order valence-corrected chi connectivity index (χ4v) is 2.44. The molecule has 0 bridgehead atoms. The van der Waals surface area contributed by atoms with Crippen LogP contribution < -0.4 is 0 Å². The quantitative estimate of drug-likeness (QED) is 0.628. The Morgan fingerprint density at radius 2 is 2.00 bits per heavy atom. The first-order chi connectivity index (χ1) is 7.43. The summed E-state index contributed by atoms with van der Waals surface area (Å²) in [5.41, 5.74) is 2.56. The highest BCUT2D eigenvalue weighted by atomic mass is 15.2. The average Bonchev–Trinajstić information content (AvgIpc) is 2.50. The number of aliphatic imine (C=N–C) groups is 1. The highest BCUT2D eigenvalue weighted by Crippen LogP contribution is 2.28. The second-order valence-electron chi connectivity index (χ2n) is 4.39. The average molecular weight is 200 g/mol. The number of rotatable bonds is 0. The molecule has 1 aromatic carbocycles. The summed E-state index contributed by atoms with van der Waals surface area (Å²) in [7, 11) is 0. The molecule has 0 atom stereocenters. The molecule has 0 N–H and O–H groups in total. The molecule has 1 aromatic rings. The van der Waals surface area contributed by atoms with Crippen LogP contribution in [0.2, 0.25) is 0 Å². The van der Waals surface area contributed by atoms with Gasteiger partial charge in [0.2, 0.25) is 0 Å². The minimum absolute atomic E-state index is 1.06. The van der Waals surface area contributed by atoms with Crippen molar-refractivity contribution in [2.75, 3.05) is 6.54 Å². The van der Waals surface area contributed by atoms with E-state index in [1.165, 1.54) is 42.9 Å². The van der Waals surface area contributed by atoms with Gasteiger partial charge in [-0.2, -0.15) is 0 Å². The van der Waals surface area contributed by atoms with E-state index in [9.17, 15) is 0 Å². The summed E-state index contributed by atoms with van der Waals surface area (Å²) in [6, 6.07) is 8.51. The second-order valence-corrected chi connectivity index (χ2v) is 4.39.